The average Bonchev–Trinajstić information content (AvgIpc) is 2.79. The summed E-state index contributed by atoms with van der Waals surface area (Å²) >= 11 is 0. The monoisotopic (exact) mass is 425 g/mol. The largest absolute Gasteiger partial charge is 0.510 e. The molecule has 1 amide bonds. The Morgan fingerprint density at radius 1 is 1.06 bits per heavy atom. The summed E-state index contributed by atoms with van der Waals surface area (Å²) in [6.45, 7) is 1.01. The lowest BCUT2D eigenvalue weighted by Crippen LogP contribution is -2.67. The predicted octanol–water partition coefficient (Wildman–Crippen LogP) is 3.46. The molecule has 3 aliphatic heterocycles. The Hall–Kier alpha value is -3.23. The molecule has 0 aromatic heterocycles. The van der Waals surface area contributed by atoms with Gasteiger partial charge in [0, 0.05) is 19.2 Å². The van der Waals surface area contributed by atoms with E-state index in [-0.39, 0.29) is 30.4 Å². The topological polar surface area (TPSA) is 56.3 Å². The number of fused-ring (bicyclic) bond motifs is 2. The molecule has 6 nitrogen and oxygen atoms in total. The molecule has 0 aliphatic carbocycles. The summed E-state index contributed by atoms with van der Waals surface area (Å²) in [7, 11) is 0. The number of ether oxygens (including phenoxy) is 1. The standard InChI is InChI=1S/C23H21F2N3O3/c24-17-9-8-16(13-18(17)25)21(15-5-2-1-3-6-15)28-20-14-31-12-11-26(20)23(30)22-19(29)7-4-10-27(22)28/h1-6,8-10,13,20-21,29H,7,11-12,14H2/t20-,21?/m1/s1. The van der Waals surface area contributed by atoms with Crippen molar-refractivity contribution in [2.75, 3.05) is 19.8 Å². The number of nitrogens with zero attached hydrogens (tertiary/aromatic N) is 3. The highest BCUT2D eigenvalue weighted by molar-refractivity contribution is 5.94. The first-order valence-electron chi connectivity index (χ1n) is 10.1. The zero-order valence-corrected chi connectivity index (χ0v) is 16.6. The molecule has 2 aromatic rings. The van der Waals surface area contributed by atoms with Crippen molar-refractivity contribution in [2.24, 2.45) is 0 Å². The lowest BCUT2D eigenvalue weighted by Gasteiger charge is -2.54. The van der Waals surface area contributed by atoms with Crippen molar-refractivity contribution in [3.8, 4) is 0 Å². The SMILES string of the molecule is O=C1C2=C(O)CC=CN2N(C(c2ccccc2)c2ccc(F)c(F)c2)[C@@H]2COCCN12. The molecule has 2 aromatic carbocycles. The van der Waals surface area contributed by atoms with Crippen LogP contribution in [0.5, 0.6) is 0 Å². The molecule has 1 N–H and O–H groups in total. The fourth-order valence-corrected chi connectivity index (χ4v) is 4.42. The normalized spacial score (nSPS) is 22.4. The van der Waals surface area contributed by atoms with E-state index >= 15 is 0 Å². The van der Waals surface area contributed by atoms with Crippen LogP contribution in [0.2, 0.25) is 0 Å². The van der Waals surface area contributed by atoms with Crippen molar-refractivity contribution < 1.29 is 23.4 Å². The number of hydrazine groups is 1. The van der Waals surface area contributed by atoms with Gasteiger partial charge in [0.25, 0.3) is 5.91 Å². The molecule has 0 saturated carbocycles. The summed E-state index contributed by atoms with van der Waals surface area (Å²) < 4.78 is 33.7. The molecule has 0 bridgehead atoms. The number of aliphatic hydroxyl groups is 1. The van der Waals surface area contributed by atoms with Crippen molar-refractivity contribution in [3.63, 3.8) is 0 Å². The lowest BCUT2D eigenvalue weighted by atomic mass is 9.96. The summed E-state index contributed by atoms with van der Waals surface area (Å²) in [5.74, 6) is -2.18. The van der Waals surface area contributed by atoms with E-state index in [0.717, 1.165) is 11.6 Å². The number of morpholine rings is 1. The third-order valence-electron chi connectivity index (χ3n) is 5.82. The molecular weight excluding hydrogens is 404 g/mol. The molecule has 160 valence electrons. The zero-order chi connectivity index (χ0) is 21.5. The van der Waals surface area contributed by atoms with E-state index in [9.17, 15) is 18.7 Å². The minimum atomic E-state index is -0.948. The average molecular weight is 425 g/mol. The van der Waals surface area contributed by atoms with Gasteiger partial charge in [-0.2, -0.15) is 5.01 Å². The van der Waals surface area contributed by atoms with E-state index in [1.807, 2.05) is 35.3 Å². The summed E-state index contributed by atoms with van der Waals surface area (Å²) in [4.78, 5) is 14.9. The molecule has 2 saturated heterocycles. The second-order valence-electron chi connectivity index (χ2n) is 7.65. The number of aliphatic hydroxyl groups excluding tert-OH is 1. The van der Waals surface area contributed by atoms with Gasteiger partial charge in [-0.3, -0.25) is 9.80 Å². The minimum Gasteiger partial charge on any atom is -0.510 e. The molecule has 3 heterocycles. The fourth-order valence-electron chi connectivity index (χ4n) is 4.42. The molecule has 3 aliphatic rings. The maximum atomic E-state index is 14.3. The zero-order valence-electron chi connectivity index (χ0n) is 16.6. The minimum absolute atomic E-state index is 0.0282. The molecule has 0 radical (unpaired) electrons. The molecule has 0 spiro atoms. The highest BCUT2D eigenvalue weighted by Gasteiger charge is 2.48. The number of rotatable bonds is 3. The van der Waals surface area contributed by atoms with Crippen LogP contribution in [-0.2, 0) is 9.53 Å². The first-order valence-corrected chi connectivity index (χ1v) is 10.1. The predicted molar refractivity (Wildman–Crippen MR) is 108 cm³/mol. The highest BCUT2D eigenvalue weighted by atomic mass is 19.2. The van der Waals surface area contributed by atoms with Crippen molar-refractivity contribution in [1.82, 2.24) is 14.9 Å². The van der Waals surface area contributed by atoms with Gasteiger partial charge in [-0.1, -0.05) is 42.5 Å². The number of hydrogen-bond donors (Lipinski definition) is 1. The summed E-state index contributed by atoms with van der Waals surface area (Å²) in [6.07, 6.45) is 3.25. The van der Waals surface area contributed by atoms with Crippen molar-refractivity contribution in [1.29, 1.82) is 0 Å². The number of amides is 1. The Bertz CT molecular complexity index is 1070. The second-order valence-corrected chi connectivity index (χ2v) is 7.65. The maximum Gasteiger partial charge on any atom is 0.276 e. The van der Waals surface area contributed by atoms with E-state index in [2.05, 4.69) is 0 Å². The van der Waals surface area contributed by atoms with Crippen LogP contribution in [0, 0.1) is 11.6 Å². The van der Waals surface area contributed by atoms with Gasteiger partial charge in [0.05, 0.1) is 19.3 Å². The van der Waals surface area contributed by atoms with Crippen molar-refractivity contribution in [2.45, 2.75) is 18.6 Å². The first kappa shape index (κ1) is 19.7. The Balaban J connectivity index is 1.71. The van der Waals surface area contributed by atoms with Gasteiger partial charge >= 0.3 is 0 Å². The summed E-state index contributed by atoms with van der Waals surface area (Å²) in [6, 6.07) is 12.7. The molecular formula is C23H21F2N3O3. The van der Waals surface area contributed by atoms with E-state index in [4.69, 9.17) is 4.74 Å². The molecule has 5 rings (SSSR count). The first-order chi connectivity index (χ1) is 15.1. The molecule has 2 atom stereocenters. The lowest BCUT2D eigenvalue weighted by molar-refractivity contribution is -0.189. The smallest absolute Gasteiger partial charge is 0.276 e. The quantitative estimate of drug-likeness (QED) is 0.817. The van der Waals surface area contributed by atoms with E-state index in [1.54, 1.807) is 22.2 Å². The molecule has 2 fully saturated rings. The molecule has 1 unspecified atom stereocenters. The van der Waals surface area contributed by atoms with E-state index < -0.39 is 23.8 Å². The maximum absolute atomic E-state index is 14.3. The van der Waals surface area contributed by atoms with E-state index in [1.165, 1.54) is 12.1 Å². The number of hydrogen-bond acceptors (Lipinski definition) is 5. The number of allylic oxidation sites excluding steroid dienone is 1. The Kier molecular flexibility index (Phi) is 4.95. The van der Waals surface area contributed by atoms with Crippen LogP contribution in [0.15, 0.2) is 72.3 Å². The molecule has 8 heteroatoms. The second kappa shape index (κ2) is 7.79. The van der Waals surface area contributed by atoms with Gasteiger partial charge in [0.15, 0.2) is 17.3 Å². The third-order valence-corrected chi connectivity index (χ3v) is 5.82. The fraction of sp³-hybridized carbons (Fsp3) is 0.261. The van der Waals surface area contributed by atoms with Crippen LogP contribution >= 0.6 is 0 Å². The number of halogens is 2. The van der Waals surface area contributed by atoms with Crippen molar-refractivity contribution >= 4 is 5.91 Å². The van der Waals surface area contributed by atoms with Crippen LogP contribution in [0.1, 0.15) is 23.6 Å². The van der Waals surface area contributed by atoms with Gasteiger partial charge in [0.1, 0.15) is 11.9 Å². The van der Waals surface area contributed by atoms with Gasteiger partial charge in [-0.05, 0) is 23.3 Å². The Morgan fingerprint density at radius 2 is 1.87 bits per heavy atom. The van der Waals surface area contributed by atoms with Crippen molar-refractivity contribution in [3.05, 3.63) is 95.0 Å². The highest BCUT2D eigenvalue weighted by Crippen LogP contribution is 2.40. The van der Waals surface area contributed by atoms with Crippen LogP contribution in [0.3, 0.4) is 0 Å². The van der Waals surface area contributed by atoms with Gasteiger partial charge in [-0.25, -0.2) is 8.78 Å². The van der Waals surface area contributed by atoms with Crippen LogP contribution in [0.25, 0.3) is 0 Å². The Morgan fingerprint density at radius 3 is 2.65 bits per heavy atom. The van der Waals surface area contributed by atoms with Gasteiger partial charge < -0.3 is 14.7 Å². The van der Waals surface area contributed by atoms with Crippen LogP contribution in [0.4, 0.5) is 8.78 Å². The van der Waals surface area contributed by atoms with Crippen LogP contribution < -0.4 is 0 Å². The third kappa shape index (κ3) is 3.28. The summed E-state index contributed by atoms with van der Waals surface area (Å²) in [5.41, 5.74) is 1.51. The number of carbonyl (C=O) groups is 1. The number of benzene rings is 2. The van der Waals surface area contributed by atoms with Gasteiger partial charge in [0.2, 0.25) is 0 Å². The number of carbonyl (C=O) groups excluding carboxylic acids is 1. The van der Waals surface area contributed by atoms with Crippen LogP contribution in [-0.4, -0.2) is 51.9 Å². The summed E-state index contributed by atoms with van der Waals surface area (Å²) in [5, 5.41) is 14.1. The van der Waals surface area contributed by atoms with E-state index in [0.29, 0.717) is 18.7 Å². The Labute approximate surface area is 178 Å². The molecule has 31 heavy (non-hydrogen) atoms. The van der Waals surface area contributed by atoms with Gasteiger partial charge in [-0.15, -0.1) is 0 Å².